The lowest BCUT2D eigenvalue weighted by molar-refractivity contribution is -0.122. The Bertz CT molecular complexity index is 1140. The van der Waals surface area contributed by atoms with E-state index in [2.05, 4.69) is 5.32 Å². The van der Waals surface area contributed by atoms with E-state index >= 15 is 0 Å². The lowest BCUT2D eigenvalue weighted by Crippen LogP contribution is -2.54. The van der Waals surface area contributed by atoms with Crippen LogP contribution in [0.25, 0.3) is 17.0 Å². The van der Waals surface area contributed by atoms with Crippen molar-refractivity contribution in [3.8, 4) is 0 Å². The molecule has 0 radical (unpaired) electrons. The van der Waals surface area contributed by atoms with Gasteiger partial charge in [-0.2, -0.15) is 0 Å². The smallest absolute Gasteiger partial charge is 0.335 e. The number of aryl methyl sites for hydroxylation is 2. The summed E-state index contributed by atoms with van der Waals surface area (Å²) in [6, 6.07) is 14.0. The largest absolute Gasteiger partial charge is 0.350 e. The molecule has 1 aromatic heterocycles. The highest BCUT2D eigenvalue weighted by Crippen LogP contribution is 2.26. The SMILES string of the molecule is Cc1cccc(N2C(=O)NC(=O)C(=Cc3cn(C)c4ccccc34)C2=O)c1. The van der Waals surface area contributed by atoms with Crippen molar-refractivity contribution in [2.45, 2.75) is 6.92 Å². The van der Waals surface area contributed by atoms with Gasteiger partial charge in [0.25, 0.3) is 11.8 Å². The zero-order chi connectivity index (χ0) is 19.1. The molecule has 2 heterocycles. The van der Waals surface area contributed by atoms with Gasteiger partial charge in [0.05, 0.1) is 5.69 Å². The van der Waals surface area contributed by atoms with Crippen LogP contribution in [-0.2, 0) is 16.6 Å². The lowest BCUT2D eigenvalue weighted by atomic mass is 10.1. The number of hydrogen-bond donors (Lipinski definition) is 1. The van der Waals surface area contributed by atoms with Gasteiger partial charge < -0.3 is 4.57 Å². The van der Waals surface area contributed by atoms with Crippen LogP contribution >= 0.6 is 0 Å². The monoisotopic (exact) mass is 359 g/mol. The molecular formula is C21H17N3O3. The first-order valence-corrected chi connectivity index (χ1v) is 8.48. The molecule has 6 nitrogen and oxygen atoms in total. The minimum Gasteiger partial charge on any atom is -0.350 e. The summed E-state index contributed by atoms with van der Waals surface area (Å²) in [6.45, 7) is 1.87. The molecule has 27 heavy (non-hydrogen) atoms. The van der Waals surface area contributed by atoms with E-state index in [1.165, 1.54) is 6.08 Å². The summed E-state index contributed by atoms with van der Waals surface area (Å²) < 4.78 is 1.93. The van der Waals surface area contributed by atoms with Crippen molar-refractivity contribution in [1.29, 1.82) is 0 Å². The fourth-order valence-electron chi connectivity index (χ4n) is 3.30. The van der Waals surface area contributed by atoms with Crippen molar-refractivity contribution in [1.82, 2.24) is 9.88 Å². The average molecular weight is 359 g/mol. The van der Waals surface area contributed by atoms with Gasteiger partial charge in [0, 0.05) is 29.7 Å². The number of para-hydroxylation sites is 1. The van der Waals surface area contributed by atoms with E-state index in [1.54, 1.807) is 18.2 Å². The molecule has 0 unspecified atom stereocenters. The van der Waals surface area contributed by atoms with Gasteiger partial charge in [0.1, 0.15) is 5.57 Å². The number of aromatic nitrogens is 1. The van der Waals surface area contributed by atoms with E-state index in [9.17, 15) is 14.4 Å². The molecule has 1 N–H and O–H groups in total. The van der Waals surface area contributed by atoms with Gasteiger partial charge in [-0.15, -0.1) is 0 Å². The summed E-state index contributed by atoms with van der Waals surface area (Å²) in [6.07, 6.45) is 3.39. The molecule has 0 bridgehead atoms. The fourth-order valence-corrected chi connectivity index (χ4v) is 3.30. The second-order valence-electron chi connectivity index (χ2n) is 6.51. The van der Waals surface area contributed by atoms with Crippen LogP contribution in [0.15, 0.2) is 60.3 Å². The number of nitrogens with one attached hydrogen (secondary N) is 1. The maximum Gasteiger partial charge on any atom is 0.335 e. The predicted molar refractivity (Wildman–Crippen MR) is 103 cm³/mol. The number of benzene rings is 2. The second-order valence-corrected chi connectivity index (χ2v) is 6.51. The Hall–Kier alpha value is -3.67. The first-order chi connectivity index (χ1) is 13.0. The van der Waals surface area contributed by atoms with Crippen LogP contribution < -0.4 is 10.2 Å². The van der Waals surface area contributed by atoms with Crippen LogP contribution in [0.3, 0.4) is 0 Å². The van der Waals surface area contributed by atoms with Crippen LogP contribution in [0.5, 0.6) is 0 Å². The van der Waals surface area contributed by atoms with Crippen molar-refractivity contribution >= 4 is 40.5 Å². The van der Waals surface area contributed by atoms with Crippen LogP contribution in [-0.4, -0.2) is 22.4 Å². The molecule has 4 amide bonds. The summed E-state index contributed by atoms with van der Waals surface area (Å²) in [5.74, 6) is -1.33. The number of rotatable bonds is 2. The maximum atomic E-state index is 13.0. The molecule has 0 aliphatic carbocycles. The predicted octanol–water partition coefficient (Wildman–Crippen LogP) is 3.15. The Balaban J connectivity index is 1.82. The van der Waals surface area contributed by atoms with Gasteiger partial charge in [-0.1, -0.05) is 30.3 Å². The molecule has 1 saturated heterocycles. The Morgan fingerprint density at radius 2 is 1.78 bits per heavy atom. The van der Waals surface area contributed by atoms with Gasteiger partial charge >= 0.3 is 6.03 Å². The Kier molecular flexibility index (Phi) is 3.88. The highest BCUT2D eigenvalue weighted by molar-refractivity contribution is 6.39. The first-order valence-electron chi connectivity index (χ1n) is 8.48. The van der Waals surface area contributed by atoms with E-state index < -0.39 is 17.8 Å². The van der Waals surface area contributed by atoms with Gasteiger partial charge in [0.2, 0.25) is 0 Å². The van der Waals surface area contributed by atoms with Crippen LogP contribution in [0, 0.1) is 6.92 Å². The number of carbonyl (C=O) groups is 3. The number of barbiturate groups is 1. The maximum absolute atomic E-state index is 13.0. The summed E-state index contributed by atoms with van der Waals surface area (Å²) in [7, 11) is 1.90. The Morgan fingerprint density at radius 3 is 2.56 bits per heavy atom. The quantitative estimate of drug-likeness (QED) is 0.564. The van der Waals surface area contributed by atoms with Crippen LogP contribution in [0.2, 0.25) is 0 Å². The summed E-state index contributed by atoms with van der Waals surface area (Å²) in [5, 5.41) is 3.18. The Labute approximate surface area is 155 Å². The van der Waals surface area contributed by atoms with Crippen molar-refractivity contribution in [2.24, 2.45) is 7.05 Å². The third-order valence-electron chi connectivity index (χ3n) is 4.59. The molecule has 0 saturated carbocycles. The summed E-state index contributed by atoms with van der Waals surface area (Å²) in [4.78, 5) is 38.6. The number of carbonyl (C=O) groups excluding carboxylic acids is 3. The van der Waals surface area contributed by atoms with Gasteiger partial charge in [-0.05, 0) is 36.8 Å². The second kappa shape index (κ2) is 6.25. The normalized spacial score (nSPS) is 16.3. The number of imide groups is 2. The molecule has 1 aliphatic rings. The standard InChI is InChI=1S/C21H17N3O3/c1-13-6-5-7-15(10-13)24-20(26)17(19(25)22-21(24)27)11-14-12-23(2)18-9-4-3-8-16(14)18/h3-12H,1-2H3,(H,22,25,27). The topological polar surface area (TPSA) is 71.4 Å². The molecule has 2 aromatic carbocycles. The number of fused-ring (bicyclic) bond motifs is 1. The Morgan fingerprint density at radius 1 is 1.00 bits per heavy atom. The number of urea groups is 1. The molecule has 1 fully saturated rings. The third-order valence-corrected chi connectivity index (χ3v) is 4.59. The highest BCUT2D eigenvalue weighted by Gasteiger charge is 2.36. The zero-order valence-corrected chi connectivity index (χ0v) is 14.9. The molecular weight excluding hydrogens is 342 g/mol. The molecule has 134 valence electrons. The average Bonchev–Trinajstić information content (AvgIpc) is 2.95. The first kappa shape index (κ1) is 16.8. The van der Waals surface area contributed by atoms with Crippen molar-refractivity contribution in [3.63, 3.8) is 0 Å². The van der Waals surface area contributed by atoms with Crippen molar-refractivity contribution < 1.29 is 14.4 Å². The van der Waals surface area contributed by atoms with E-state index in [4.69, 9.17) is 0 Å². The minimum absolute atomic E-state index is 0.0764. The molecule has 6 heteroatoms. The third kappa shape index (κ3) is 2.81. The highest BCUT2D eigenvalue weighted by atomic mass is 16.2. The molecule has 1 aliphatic heterocycles. The van der Waals surface area contributed by atoms with E-state index in [0.29, 0.717) is 5.69 Å². The van der Waals surface area contributed by atoms with E-state index in [0.717, 1.165) is 26.9 Å². The van der Waals surface area contributed by atoms with Crippen LogP contribution in [0.4, 0.5) is 10.5 Å². The zero-order valence-electron chi connectivity index (χ0n) is 14.9. The molecule has 3 aromatic rings. The molecule has 0 atom stereocenters. The van der Waals surface area contributed by atoms with E-state index in [1.807, 2.05) is 55.1 Å². The fraction of sp³-hybridized carbons (Fsp3) is 0.0952. The minimum atomic E-state index is -0.745. The van der Waals surface area contributed by atoms with Crippen molar-refractivity contribution in [3.05, 3.63) is 71.4 Å². The van der Waals surface area contributed by atoms with Crippen molar-refractivity contribution in [2.75, 3.05) is 4.90 Å². The van der Waals surface area contributed by atoms with E-state index in [-0.39, 0.29) is 5.57 Å². The van der Waals surface area contributed by atoms with Crippen LogP contribution in [0.1, 0.15) is 11.1 Å². The number of anilines is 1. The summed E-state index contributed by atoms with van der Waals surface area (Å²) in [5.41, 5.74) is 2.98. The number of nitrogens with zero attached hydrogens (tertiary/aromatic N) is 2. The molecule has 0 spiro atoms. The van der Waals surface area contributed by atoms with Gasteiger partial charge in [0.15, 0.2) is 0 Å². The van der Waals surface area contributed by atoms with Gasteiger partial charge in [-0.25, -0.2) is 9.69 Å². The van der Waals surface area contributed by atoms with Gasteiger partial charge in [-0.3, -0.25) is 14.9 Å². The number of amides is 4. The lowest BCUT2D eigenvalue weighted by Gasteiger charge is -2.26. The summed E-state index contributed by atoms with van der Waals surface area (Å²) >= 11 is 0. The molecule has 4 rings (SSSR count). The number of hydrogen-bond acceptors (Lipinski definition) is 3.